The van der Waals surface area contributed by atoms with Crippen molar-refractivity contribution in [1.82, 2.24) is 14.6 Å². The van der Waals surface area contributed by atoms with Crippen molar-refractivity contribution in [1.29, 1.82) is 0 Å². The Kier molecular flexibility index (Phi) is 5.69. The third-order valence-electron chi connectivity index (χ3n) is 4.19. The molecule has 1 amide bonds. The van der Waals surface area contributed by atoms with E-state index < -0.39 is 0 Å². The average Bonchev–Trinajstić information content (AvgIpc) is 3.18. The van der Waals surface area contributed by atoms with Gasteiger partial charge in [-0.3, -0.25) is 4.79 Å². The van der Waals surface area contributed by atoms with Crippen LogP contribution in [0.5, 0.6) is 5.75 Å². The van der Waals surface area contributed by atoms with Crippen LogP contribution in [0.2, 0.25) is 5.02 Å². The van der Waals surface area contributed by atoms with Crippen molar-refractivity contribution < 1.29 is 9.53 Å². The minimum atomic E-state index is -0.121. The molecule has 4 aromatic rings. The van der Waals surface area contributed by atoms with E-state index in [2.05, 4.69) is 15.4 Å². The molecule has 0 fully saturated rings. The fourth-order valence-electron chi connectivity index (χ4n) is 2.80. The zero-order valence-corrected chi connectivity index (χ0v) is 17.1. The second-order valence-corrected chi connectivity index (χ2v) is 7.57. The molecule has 0 aliphatic heterocycles. The number of amides is 1. The summed E-state index contributed by atoms with van der Waals surface area (Å²) in [5.74, 6) is 0.797. The number of nitrogens with zero attached hydrogens (tertiary/aromatic N) is 3. The molecule has 0 bridgehead atoms. The summed E-state index contributed by atoms with van der Waals surface area (Å²) < 4.78 is 6.94. The number of carbonyl (C=O) groups is 1. The summed E-state index contributed by atoms with van der Waals surface area (Å²) >= 11 is 7.33. The predicted octanol–water partition coefficient (Wildman–Crippen LogP) is 4.79. The van der Waals surface area contributed by atoms with Crippen molar-refractivity contribution in [2.45, 2.75) is 5.03 Å². The number of benzene rings is 2. The van der Waals surface area contributed by atoms with Gasteiger partial charge in [0.2, 0.25) is 5.91 Å². The predicted molar refractivity (Wildman–Crippen MR) is 116 cm³/mol. The largest absolute Gasteiger partial charge is 0.497 e. The molecule has 0 saturated carbocycles. The second-order valence-electron chi connectivity index (χ2n) is 6.17. The maximum atomic E-state index is 12.3. The first-order valence-electron chi connectivity index (χ1n) is 8.79. The topological polar surface area (TPSA) is 68.5 Å². The van der Waals surface area contributed by atoms with Crippen molar-refractivity contribution in [2.75, 3.05) is 18.2 Å². The van der Waals surface area contributed by atoms with Gasteiger partial charge >= 0.3 is 0 Å². The molecule has 0 aliphatic carbocycles. The van der Waals surface area contributed by atoms with E-state index in [1.807, 2.05) is 48.5 Å². The number of methoxy groups -OCH3 is 1. The Bertz CT molecular complexity index is 1160. The molecule has 2 aromatic heterocycles. The number of nitrogens with one attached hydrogen (secondary N) is 1. The van der Waals surface area contributed by atoms with Crippen LogP contribution >= 0.6 is 23.4 Å². The van der Waals surface area contributed by atoms with Gasteiger partial charge in [-0.25, -0.2) is 9.50 Å². The molecule has 0 unspecified atom stereocenters. The van der Waals surface area contributed by atoms with Gasteiger partial charge in [-0.2, -0.15) is 5.10 Å². The van der Waals surface area contributed by atoms with E-state index in [0.717, 1.165) is 21.8 Å². The highest BCUT2D eigenvalue weighted by Gasteiger charge is 2.12. The van der Waals surface area contributed by atoms with Crippen molar-refractivity contribution >= 4 is 40.5 Å². The van der Waals surface area contributed by atoms with E-state index in [1.54, 1.807) is 30.1 Å². The Morgan fingerprint density at radius 2 is 2.03 bits per heavy atom. The van der Waals surface area contributed by atoms with Crippen molar-refractivity contribution in [3.05, 3.63) is 72.0 Å². The number of ether oxygens (including phenoxy) is 1. The number of rotatable bonds is 6. The molecule has 0 radical (unpaired) electrons. The molecule has 2 aromatic carbocycles. The van der Waals surface area contributed by atoms with Crippen molar-refractivity contribution in [3.8, 4) is 17.0 Å². The Morgan fingerprint density at radius 1 is 1.21 bits per heavy atom. The van der Waals surface area contributed by atoms with Crippen molar-refractivity contribution in [2.24, 2.45) is 0 Å². The third kappa shape index (κ3) is 4.52. The molecule has 0 saturated heterocycles. The van der Waals surface area contributed by atoms with E-state index >= 15 is 0 Å². The molecular formula is C21H17ClN4O2S. The fourth-order valence-corrected chi connectivity index (χ4v) is 3.70. The van der Waals surface area contributed by atoms with E-state index in [0.29, 0.717) is 16.5 Å². The molecule has 0 spiro atoms. The number of anilines is 1. The van der Waals surface area contributed by atoms with Gasteiger partial charge < -0.3 is 10.1 Å². The van der Waals surface area contributed by atoms with Crippen LogP contribution < -0.4 is 10.1 Å². The number of fused-ring (bicyclic) bond motifs is 1. The first kappa shape index (κ1) is 19.3. The minimum absolute atomic E-state index is 0.121. The lowest BCUT2D eigenvalue weighted by atomic mass is 10.1. The molecule has 0 atom stereocenters. The Labute approximate surface area is 176 Å². The quantitative estimate of drug-likeness (QED) is 0.451. The lowest BCUT2D eigenvalue weighted by Crippen LogP contribution is -2.14. The highest BCUT2D eigenvalue weighted by atomic mass is 35.5. The number of thioether (sulfide) groups is 1. The zero-order chi connectivity index (χ0) is 20.2. The van der Waals surface area contributed by atoms with E-state index in [4.69, 9.17) is 16.3 Å². The summed E-state index contributed by atoms with van der Waals surface area (Å²) in [7, 11) is 1.59. The fraction of sp³-hybridized carbons (Fsp3) is 0.0952. The Morgan fingerprint density at radius 3 is 2.83 bits per heavy atom. The van der Waals surface area contributed by atoms with Gasteiger partial charge in [0, 0.05) is 34.7 Å². The SMILES string of the molecule is COc1cccc(NC(=O)CSc2nccn3nc(-c4ccc(Cl)cc4)cc23)c1. The van der Waals surface area contributed by atoms with E-state index in [-0.39, 0.29) is 11.7 Å². The summed E-state index contributed by atoms with van der Waals surface area (Å²) in [6.07, 6.45) is 3.46. The lowest BCUT2D eigenvalue weighted by Gasteiger charge is -2.07. The van der Waals surface area contributed by atoms with Crippen LogP contribution in [-0.4, -0.2) is 33.4 Å². The van der Waals surface area contributed by atoms with Crippen LogP contribution in [0.4, 0.5) is 5.69 Å². The zero-order valence-electron chi connectivity index (χ0n) is 15.5. The van der Waals surface area contributed by atoms with Crippen LogP contribution in [0.25, 0.3) is 16.8 Å². The second kappa shape index (κ2) is 8.55. The first-order chi connectivity index (χ1) is 14.1. The molecule has 29 heavy (non-hydrogen) atoms. The number of hydrogen-bond donors (Lipinski definition) is 1. The van der Waals surface area contributed by atoms with Gasteiger partial charge in [-0.15, -0.1) is 0 Å². The maximum absolute atomic E-state index is 12.3. The van der Waals surface area contributed by atoms with E-state index in [9.17, 15) is 4.79 Å². The molecular weight excluding hydrogens is 408 g/mol. The Hall–Kier alpha value is -3.03. The van der Waals surface area contributed by atoms with Crippen LogP contribution in [0.1, 0.15) is 0 Å². The molecule has 6 nitrogen and oxygen atoms in total. The number of hydrogen-bond acceptors (Lipinski definition) is 5. The summed E-state index contributed by atoms with van der Waals surface area (Å²) in [4.78, 5) is 16.8. The Balaban J connectivity index is 1.49. The molecule has 0 aliphatic rings. The van der Waals surface area contributed by atoms with Gasteiger partial charge in [0.05, 0.1) is 24.1 Å². The number of aromatic nitrogens is 3. The highest BCUT2D eigenvalue weighted by Crippen LogP contribution is 2.27. The number of carbonyl (C=O) groups excluding carboxylic acids is 1. The van der Waals surface area contributed by atoms with Crippen LogP contribution in [0.15, 0.2) is 72.0 Å². The average molecular weight is 425 g/mol. The molecule has 146 valence electrons. The van der Waals surface area contributed by atoms with Crippen LogP contribution in [-0.2, 0) is 4.79 Å². The molecule has 8 heteroatoms. The molecule has 4 rings (SSSR count). The standard InChI is InChI=1S/C21H17ClN4O2S/c1-28-17-4-2-3-16(11-17)24-20(27)13-29-21-19-12-18(25-26(19)10-9-23-21)14-5-7-15(22)8-6-14/h2-12H,13H2,1H3,(H,24,27). The summed E-state index contributed by atoms with van der Waals surface area (Å²) in [5, 5.41) is 8.88. The van der Waals surface area contributed by atoms with Gasteiger partial charge in [0.15, 0.2) is 0 Å². The van der Waals surface area contributed by atoms with Gasteiger partial charge in [0.25, 0.3) is 0 Å². The molecule has 1 N–H and O–H groups in total. The summed E-state index contributed by atoms with van der Waals surface area (Å²) in [5.41, 5.74) is 3.31. The van der Waals surface area contributed by atoms with Gasteiger partial charge in [0.1, 0.15) is 10.8 Å². The lowest BCUT2D eigenvalue weighted by molar-refractivity contribution is -0.113. The van der Waals surface area contributed by atoms with Crippen LogP contribution in [0.3, 0.4) is 0 Å². The maximum Gasteiger partial charge on any atom is 0.234 e. The molecule has 2 heterocycles. The summed E-state index contributed by atoms with van der Waals surface area (Å²) in [6.45, 7) is 0. The van der Waals surface area contributed by atoms with Crippen LogP contribution in [0, 0.1) is 0 Å². The highest BCUT2D eigenvalue weighted by molar-refractivity contribution is 8.00. The normalized spacial score (nSPS) is 10.8. The van der Waals surface area contributed by atoms with Gasteiger partial charge in [-0.1, -0.05) is 41.6 Å². The van der Waals surface area contributed by atoms with E-state index in [1.165, 1.54) is 11.8 Å². The third-order valence-corrected chi connectivity index (χ3v) is 5.43. The monoisotopic (exact) mass is 424 g/mol. The van der Waals surface area contributed by atoms with Gasteiger partial charge in [-0.05, 0) is 30.3 Å². The minimum Gasteiger partial charge on any atom is -0.497 e. The number of halogens is 1. The smallest absolute Gasteiger partial charge is 0.234 e. The summed E-state index contributed by atoms with van der Waals surface area (Å²) in [6, 6.07) is 16.7. The first-order valence-corrected chi connectivity index (χ1v) is 10.2. The van der Waals surface area contributed by atoms with Crippen molar-refractivity contribution in [3.63, 3.8) is 0 Å².